The molecule has 0 bridgehead atoms. The van der Waals surface area contributed by atoms with Gasteiger partial charge in [-0.1, -0.05) is 31.9 Å². The summed E-state index contributed by atoms with van der Waals surface area (Å²) >= 11 is 6.98. The Labute approximate surface area is 184 Å². The van der Waals surface area contributed by atoms with Crippen molar-refractivity contribution in [1.82, 2.24) is 9.97 Å². The van der Waals surface area contributed by atoms with Gasteiger partial charge in [0, 0.05) is 38.4 Å². The summed E-state index contributed by atoms with van der Waals surface area (Å²) in [5.41, 5.74) is 2.75. The first-order valence-electron chi connectivity index (χ1n) is 8.98. The van der Waals surface area contributed by atoms with E-state index in [2.05, 4.69) is 52.5 Å². The Morgan fingerprint density at radius 1 is 0.966 bits per heavy atom. The quantitative estimate of drug-likeness (QED) is 0.484. The second-order valence-corrected chi connectivity index (χ2v) is 8.56. The van der Waals surface area contributed by atoms with Crippen LogP contribution >= 0.6 is 31.9 Å². The summed E-state index contributed by atoms with van der Waals surface area (Å²) < 4.78 is 1.84. The lowest BCUT2D eigenvalue weighted by Crippen LogP contribution is -2.16. The van der Waals surface area contributed by atoms with Gasteiger partial charge in [0.1, 0.15) is 5.82 Å². The normalized spacial score (nSPS) is 13.0. The molecule has 1 aliphatic carbocycles. The minimum absolute atomic E-state index is 0.0511. The van der Waals surface area contributed by atoms with Crippen molar-refractivity contribution in [3.05, 3.63) is 69.5 Å². The third-order valence-corrected chi connectivity index (χ3v) is 5.38. The van der Waals surface area contributed by atoms with Crippen LogP contribution in [0.5, 0.6) is 0 Å². The third kappa shape index (κ3) is 4.89. The Balaban J connectivity index is 1.57. The fraction of sp³-hybridized carbons (Fsp3) is 0.143. The SMILES string of the molecule is O=C(Nc1cnccc1-c1cc(Br)cc(Br)c1)c1ccnc(NC(=O)C2CC2)c1. The van der Waals surface area contributed by atoms with E-state index >= 15 is 0 Å². The van der Waals surface area contributed by atoms with Gasteiger partial charge in [0.2, 0.25) is 5.91 Å². The van der Waals surface area contributed by atoms with E-state index in [1.54, 1.807) is 24.5 Å². The lowest BCUT2D eigenvalue weighted by molar-refractivity contribution is -0.117. The highest BCUT2D eigenvalue weighted by molar-refractivity contribution is 9.11. The molecule has 0 aliphatic heterocycles. The zero-order valence-electron chi connectivity index (χ0n) is 15.2. The van der Waals surface area contributed by atoms with Gasteiger partial charge in [-0.05, 0) is 54.8 Å². The Hall–Kier alpha value is -2.58. The van der Waals surface area contributed by atoms with Gasteiger partial charge in [0.05, 0.1) is 11.9 Å². The molecule has 6 nitrogen and oxygen atoms in total. The summed E-state index contributed by atoms with van der Waals surface area (Å²) in [6.07, 6.45) is 6.60. The number of carbonyl (C=O) groups excluding carboxylic acids is 2. The maximum Gasteiger partial charge on any atom is 0.255 e. The first-order valence-corrected chi connectivity index (χ1v) is 10.6. The summed E-state index contributed by atoms with van der Waals surface area (Å²) in [6.45, 7) is 0. The van der Waals surface area contributed by atoms with Crippen LogP contribution in [-0.4, -0.2) is 21.8 Å². The fourth-order valence-corrected chi connectivity index (χ4v) is 4.16. The standard InChI is InChI=1S/C21H16Br2N4O2/c22-15-7-14(8-16(23)10-15)17-4-5-24-11-18(17)26-21(29)13-3-6-25-19(9-13)27-20(28)12-1-2-12/h3-12H,1-2H2,(H,26,29)(H,25,27,28). The molecule has 3 aromatic rings. The van der Waals surface area contributed by atoms with Crippen molar-refractivity contribution in [2.24, 2.45) is 5.92 Å². The number of hydrogen-bond donors (Lipinski definition) is 2. The number of carbonyl (C=O) groups is 2. The third-order valence-electron chi connectivity index (χ3n) is 4.46. The maximum absolute atomic E-state index is 12.8. The molecule has 8 heteroatoms. The molecule has 0 radical (unpaired) electrons. The summed E-state index contributed by atoms with van der Waals surface area (Å²) in [4.78, 5) is 33.0. The monoisotopic (exact) mass is 514 g/mol. The average Bonchev–Trinajstić information content (AvgIpc) is 3.53. The van der Waals surface area contributed by atoms with Crippen molar-refractivity contribution in [2.45, 2.75) is 12.8 Å². The lowest BCUT2D eigenvalue weighted by Gasteiger charge is -2.12. The lowest BCUT2D eigenvalue weighted by atomic mass is 10.1. The molecule has 0 atom stereocenters. The predicted molar refractivity (Wildman–Crippen MR) is 119 cm³/mol. The van der Waals surface area contributed by atoms with Gasteiger partial charge in [-0.25, -0.2) is 4.98 Å². The van der Waals surface area contributed by atoms with E-state index in [4.69, 9.17) is 0 Å². The molecule has 29 heavy (non-hydrogen) atoms. The number of hydrogen-bond acceptors (Lipinski definition) is 4. The molecule has 2 N–H and O–H groups in total. The van der Waals surface area contributed by atoms with Crippen molar-refractivity contribution < 1.29 is 9.59 Å². The fourth-order valence-electron chi connectivity index (χ4n) is 2.86. The Morgan fingerprint density at radius 2 is 1.72 bits per heavy atom. The molecule has 1 aromatic carbocycles. The summed E-state index contributed by atoms with van der Waals surface area (Å²) in [5, 5.41) is 5.67. The first kappa shape index (κ1) is 19.7. The van der Waals surface area contributed by atoms with E-state index < -0.39 is 0 Å². The highest BCUT2D eigenvalue weighted by atomic mass is 79.9. The van der Waals surface area contributed by atoms with Gasteiger partial charge in [-0.3, -0.25) is 14.6 Å². The van der Waals surface area contributed by atoms with Crippen LogP contribution in [0.2, 0.25) is 0 Å². The number of nitrogens with one attached hydrogen (secondary N) is 2. The van der Waals surface area contributed by atoms with Crippen LogP contribution in [0.15, 0.2) is 63.9 Å². The van der Waals surface area contributed by atoms with Gasteiger partial charge in [-0.2, -0.15) is 0 Å². The topological polar surface area (TPSA) is 84.0 Å². The molecule has 1 fully saturated rings. The number of nitrogens with zero attached hydrogens (tertiary/aromatic N) is 2. The highest BCUT2D eigenvalue weighted by Gasteiger charge is 2.29. The molecular formula is C21H16Br2N4O2. The molecule has 1 aliphatic rings. The smallest absolute Gasteiger partial charge is 0.255 e. The summed E-state index contributed by atoms with van der Waals surface area (Å²) in [5.74, 6) is 0.0797. The number of rotatable bonds is 5. The molecular weight excluding hydrogens is 500 g/mol. The summed E-state index contributed by atoms with van der Waals surface area (Å²) in [7, 11) is 0. The second-order valence-electron chi connectivity index (χ2n) is 6.73. The Kier molecular flexibility index (Phi) is 5.73. The van der Waals surface area contributed by atoms with E-state index in [-0.39, 0.29) is 17.7 Å². The van der Waals surface area contributed by atoms with Crippen LogP contribution in [0.3, 0.4) is 0 Å². The van der Waals surface area contributed by atoms with Crippen LogP contribution in [0.4, 0.5) is 11.5 Å². The van der Waals surface area contributed by atoms with E-state index in [1.165, 1.54) is 6.20 Å². The minimum Gasteiger partial charge on any atom is -0.320 e. The van der Waals surface area contributed by atoms with Gasteiger partial charge >= 0.3 is 0 Å². The van der Waals surface area contributed by atoms with Crippen molar-refractivity contribution >= 4 is 55.2 Å². The Bertz CT molecular complexity index is 1080. The van der Waals surface area contributed by atoms with Gasteiger partial charge in [-0.15, -0.1) is 0 Å². The average molecular weight is 516 g/mol. The molecule has 2 heterocycles. The first-order chi connectivity index (χ1) is 14.0. The van der Waals surface area contributed by atoms with E-state index in [0.717, 1.165) is 32.9 Å². The Morgan fingerprint density at radius 3 is 2.45 bits per heavy atom. The minimum atomic E-state index is -0.308. The van der Waals surface area contributed by atoms with E-state index in [1.807, 2.05) is 24.3 Å². The van der Waals surface area contributed by atoms with Crippen LogP contribution < -0.4 is 10.6 Å². The van der Waals surface area contributed by atoms with Crippen LogP contribution in [0.1, 0.15) is 23.2 Å². The van der Waals surface area contributed by atoms with Crippen molar-refractivity contribution in [3.8, 4) is 11.1 Å². The predicted octanol–water partition coefficient (Wildman–Crippen LogP) is 5.27. The molecule has 146 valence electrons. The van der Waals surface area contributed by atoms with Gasteiger partial charge in [0.25, 0.3) is 5.91 Å². The van der Waals surface area contributed by atoms with Crippen molar-refractivity contribution in [3.63, 3.8) is 0 Å². The zero-order valence-corrected chi connectivity index (χ0v) is 18.3. The van der Waals surface area contributed by atoms with Crippen molar-refractivity contribution in [2.75, 3.05) is 10.6 Å². The van der Waals surface area contributed by atoms with Crippen LogP contribution in [-0.2, 0) is 4.79 Å². The molecule has 4 rings (SSSR count). The molecule has 2 aromatic heterocycles. The number of amides is 2. The van der Waals surface area contributed by atoms with E-state index in [9.17, 15) is 9.59 Å². The number of pyridine rings is 2. The number of benzene rings is 1. The molecule has 0 saturated heterocycles. The number of anilines is 2. The summed E-state index contributed by atoms with van der Waals surface area (Å²) in [6, 6.07) is 10.9. The van der Waals surface area contributed by atoms with Gasteiger partial charge in [0.15, 0.2) is 0 Å². The molecule has 1 saturated carbocycles. The number of halogens is 2. The maximum atomic E-state index is 12.8. The largest absolute Gasteiger partial charge is 0.320 e. The molecule has 2 amide bonds. The van der Waals surface area contributed by atoms with E-state index in [0.29, 0.717) is 17.1 Å². The zero-order chi connectivity index (χ0) is 20.4. The van der Waals surface area contributed by atoms with Crippen LogP contribution in [0.25, 0.3) is 11.1 Å². The molecule has 0 unspecified atom stereocenters. The number of aromatic nitrogens is 2. The molecule has 0 spiro atoms. The van der Waals surface area contributed by atoms with Gasteiger partial charge < -0.3 is 10.6 Å². The second kappa shape index (κ2) is 8.42. The van der Waals surface area contributed by atoms with Crippen LogP contribution in [0, 0.1) is 5.92 Å². The highest BCUT2D eigenvalue weighted by Crippen LogP contribution is 2.32. The van der Waals surface area contributed by atoms with Crippen molar-refractivity contribution in [1.29, 1.82) is 0 Å².